The van der Waals surface area contributed by atoms with Crippen LogP contribution in [0.1, 0.15) is 38.6 Å². The fourth-order valence-electron chi connectivity index (χ4n) is 3.59. The average Bonchev–Trinajstić information content (AvgIpc) is 2.98. The van der Waals surface area contributed by atoms with E-state index >= 15 is 0 Å². The number of fused-ring (bicyclic) bond motifs is 1. The molecule has 0 unspecified atom stereocenters. The number of hydrogen-bond donors (Lipinski definition) is 1. The van der Waals surface area contributed by atoms with Crippen LogP contribution >= 0.6 is 0 Å². The van der Waals surface area contributed by atoms with Gasteiger partial charge >= 0.3 is 0 Å². The van der Waals surface area contributed by atoms with Crippen molar-refractivity contribution in [1.82, 2.24) is 24.5 Å². The van der Waals surface area contributed by atoms with E-state index in [0.29, 0.717) is 49.6 Å². The molecule has 0 bridgehead atoms. The Morgan fingerprint density at radius 1 is 1.15 bits per heavy atom. The molecule has 0 spiro atoms. The van der Waals surface area contributed by atoms with Crippen LogP contribution in [0.2, 0.25) is 0 Å². The van der Waals surface area contributed by atoms with Crippen LogP contribution in [0, 0.1) is 6.92 Å². The van der Waals surface area contributed by atoms with Crippen molar-refractivity contribution in [2.75, 3.05) is 23.3 Å². The van der Waals surface area contributed by atoms with Crippen LogP contribution < -0.4 is 10.2 Å². The monoisotopic (exact) mass is 369 g/mol. The highest BCUT2D eigenvalue weighted by Crippen LogP contribution is 2.24. The lowest BCUT2D eigenvalue weighted by Gasteiger charge is -2.28. The fourth-order valence-corrected chi connectivity index (χ4v) is 3.59. The molecule has 3 aromatic heterocycles. The summed E-state index contributed by atoms with van der Waals surface area (Å²) in [6.45, 7) is 7.56. The molecule has 0 atom stereocenters. The third kappa shape index (κ3) is 3.56. The van der Waals surface area contributed by atoms with Gasteiger partial charge in [0.2, 0.25) is 5.95 Å². The van der Waals surface area contributed by atoms with E-state index in [9.17, 15) is 4.39 Å². The van der Waals surface area contributed by atoms with Gasteiger partial charge in [-0.15, -0.1) is 0 Å². The molecule has 4 rings (SSSR count). The third-order valence-electron chi connectivity index (χ3n) is 4.87. The minimum absolute atomic E-state index is 0.314. The molecule has 8 heteroatoms. The van der Waals surface area contributed by atoms with Crippen LogP contribution in [0.15, 0.2) is 24.5 Å². The zero-order chi connectivity index (χ0) is 19.0. The summed E-state index contributed by atoms with van der Waals surface area (Å²) in [5, 5.41) is 3.26. The normalized spacial score (nSPS) is 15.7. The summed E-state index contributed by atoms with van der Waals surface area (Å²) < 4.78 is 15.6. The SMILES string of the molecule is Cc1nc2cnc(Nc3ccnc(N4CCC(F)CC4)n3)cc2n1C(C)C. The van der Waals surface area contributed by atoms with Gasteiger partial charge in [-0.2, -0.15) is 4.98 Å². The lowest BCUT2D eigenvalue weighted by atomic mass is 10.1. The Morgan fingerprint density at radius 3 is 2.67 bits per heavy atom. The molecule has 1 aliphatic rings. The molecule has 4 heterocycles. The van der Waals surface area contributed by atoms with Crippen LogP contribution in [0.4, 0.5) is 22.0 Å². The van der Waals surface area contributed by atoms with Gasteiger partial charge in [-0.1, -0.05) is 0 Å². The van der Waals surface area contributed by atoms with E-state index in [2.05, 4.69) is 43.7 Å². The standard InChI is InChI=1S/C19H24FN7/c1-12(2)27-13(3)23-15-11-22-18(10-16(15)27)24-17-4-7-21-19(25-17)26-8-5-14(20)6-9-26/h4,7,10-12,14H,5-6,8-9H2,1-3H3,(H,21,22,24,25). The van der Waals surface area contributed by atoms with Crippen LogP contribution in [0.5, 0.6) is 0 Å². The minimum Gasteiger partial charge on any atom is -0.341 e. The van der Waals surface area contributed by atoms with Crippen molar-refractivity contribution < 1.29 is 4.39 Å². The Morgan fingerprint density at radius 2 is 1.93 bits per heavy atom. The van der Waals surface area contributed by atoms with E-state index < -0.39 is 6.17 Å². The second-order valence-corrected chi connectivity index (χ2v) is 7.21. The van der Waals surface area contributed by atoms with Crippen LogP contribution in [-0.4, -0.2) is 43.8 Å². The number of alkyl halides is 1. The van der Waals surface area contributed by atoms with Gasteiger partial charge in [0.05, 0.1) is 11.7 Å². The number of rotatable bonds is 4. The number of imidazole rings is 1. The van der Waals surface area contributed by atoms with Crippen molar-refractivity contribution in [3.63, 3.8) is 0 Å². The lowest BCUT2D eigenvalue weighted by Crippen LogP contribution is -2.35. The highest BCUT2D eigenvalue weighted by molar-refractivity contribution is 5.79. The first kappa shape index (κ1) is 17.6. The summed E-state index contributed by atoms with van der Waals surface area (Å²) in [6, 6.07) is 4.11. The van der Waals surface area contributed by atoms with Crippen molar-refractivity contribution >= 4 is 28.6 Å². The maximum Gasteiger partial charge on any atom is 0.227 e. The Hall–Kier alpha value is -2.77. The Bertz CT molecular complexity index is 944. The van der Waals surface area contributed by atoms with Crippen LogP contribution in [0.25, 0.3) is 11.0 Å². The number of hydrogen-bond acceptors (Lipinski definition) is 6. The molecular weight excluding hydrogens is 345 g/mol. The summed E-state index contributed by atoms with van der Waals surface area (Å²) in [5.74, 6) is 2.97. The van der Waals surface area contributed by atoms with Gasteiger partial charge in [0.1, 0.15) is 29.1 Å². The number of nitrogens with zero attached hydrogens (tertiary/aromatic N) is 6. The van der Waals surface area contributed by atoms with Crippen molar-refractivity contribution in [3.8, 4) is 0 Å². The van der Waals surface area contributed by atoms with Gasteiger partial charge in [0, 0.05) is 31.4 Å². The van der Waals surface area contributed by atoms with E-state index in [1.807, 2.05) is 24.0 Å². The van der Waals surface area contributed by atoms with E-state index in [1.54, 1.807) is 12.4 Å². The topological polar surface area (TPSA) is 71.8 Å². The van der Waals surface area contributed by atoms with Crippen molar-refractivity contribution in [1.29, 1.82) is 0 Å². The maximum atomic E-state index is 13.4. The summed E-state index contributed by atoms with van der Waals surface area (Å²) in [7, 11) is 0. The maximum absolute atomic E-state index is 13.4. The predicted octanol–water partition coefficient (Wildman–Crippen LogP) is 3.79. The quantitative estimate of drug-likeness (QED) is 0.754. The third-order valence-corrected chi connectivity index (χ3v) is 4.87. The van der Waals surface area contributed by atoms with E-state index in [0.717, 1.165) is 16.9 Å². The van der Waals surface area contributed by atoms with Gasteiger partial charge in [-0.3, -0.25) is 0 Å². The first-order valence-electron chi connectivity index (χ1n) is 9.35. The fraction of sp³-hybridized carbons (Fsp3) is 0.474. The summed E-state index contributed by atoms with van der Waals surface area (Å²) in [4.78, 5) is 20.0. The van der Waals surface area contributed by atoms with Crippen LogP contribution in [0.3, 0.4) is 0 Å². The molecule has 0 saturated carbocycles. The second-order valence-electron chi connectivity index (χ2n) is 7.21. The van der Waals surface area contributed by atoms with E-state index in [1.165, 1.54) is 0 Å². The first-order valence-corrected chi connectivity index (χ1v) is 9.35. The molecule has 142 valence electrons. The van der Waals surface area contributed by atoms with Gasteiger partial charge in [0.25, 0.3) is 0 Å². The molecule has 1 N–H and O–H groups in total. The lowest BCUT2D eigenvalue weighted by molar-refractivity contribution is 0.276. The average molecular weight is 369 g/mol. The summed E-state index contributed by atoms with van der Waals surface area (Å²) >= 11 is 0. The highest BCUT2D eigenvalue weighted by Gasteiger charge is 2.20. The number of piperidine rings is 1. The molecule has 0 radical (unpaired) electrons. The molecule has 1 fully saturated rings. The van der Waals surface area contributed by atoms with Crippen molar-refractivity contribution in [2.45, 2.75) is 45.8 Å². The highest BCUT2D eigenvalue weighted by atomic mass is 19.1. The van der Waals surface area contributed by atoms with Gasteiger partial charge in [-0.05, 0) is 39.7 Å². The number of anilines is 3. The van der Waals surface area contributed by atoms with Gasteiger partial charge in [-0.25, -0.2) is 19.3 Å². The molecule has 1 aliphatic heterocycles. The molecule has 0 aliphatic carbocycles. The summed E-state index contributed by atoms with van der Waals surface area (Å²) in [6.07, 6.45) is 3.83. The number of aromatic nitrogens is 5. The number of halogens is 1. The number of pyridine rings is 1. The van der Waals surface area contributed by atoms with Gasteiger partial charge in [0.15, 0.2) is 0 Å². The second kappa shape index (κ2) is 7.09. The minimum atomic E-state index is -0.715. The zero-order valence-corrected chi connectivity index (χ0v) is 15.9. The van der Waals surface area contributed by atoms with Crippen LogP contribution in [-0.2, 0) is 0 Å². The zero-order valence-electron chi connectivity index (χ0n) is 15.9. The summed E-state index contributed by atoms with van der Waals surface area (Å²) in [5.41, 5.74) is 1.92. The van der Waals surface area contributed by atoms with E-state index in [4.69, 9.17) is 0 Å². The predicted molar refractivity (Wildman–Crippen MR) is 104 cm³/mol. The molecule has 0 aromatic carbocycles. The van der Waals surface area contributed by atoms with E-state index in [-0.39, 0.29) is 0 Å². The molecular formula is C19H24FN7. The number of nitrogens with one attached hydrogen (secondary N) is 1. The Labute approximate surface area is 157 Å². The Kier molecular flexibility index (Phi) is 4.63. The Balaban J connectivity index is 1.59. The van der Waals surface area contributed by atoms with Crippen molar-refractivity contribution in [2.24, 2.45) is 0 Å². The molecule has 1 saturated heterocycles. The smallest absolute Gasteiger partial charge is 0.227 e. The molecule has 7 nitrogen and oxygen atoms in total. The van der Waals surface area contributed by atoms with Crippen molar-refractivity contribution in [3.05, 3.63) is 30.4 Å². The molecule has 0 amide bonds. The molecule has 3 aromatic rings. The first-order chi connectivity index (χ1) is 13.0. The molecule has 27 heavy (non-hydrogen) atoms. The largest absolute Gasteiger partial charge is 0.341 e. The number of aryl methyl sites for hydroxylation is 1. The van der Waals surface area contributed by atoms with Gasteiger partial charge < -0.3 is 14.8 Å².